The van der Waals surface area contributed by atoms with E-state index < -0.39 is 0 Å². The summed E-state index contributed by atoms with van der Waals surface area (Å²) in [4.78, 5) is 16.7. The maximum absolute atomic E-state index is 12.5. The second kappa shape index (κ2) is 7.72. The van der Waals surface area contributed by atoms with E-state index in [0.717, 1.165) is 16.7 Å². The average Bonchev–Trinajstić information content (AvgIpc) is 2.58. The van der Waals surface area contributed by atoms with Gasteiger partial charge in [0.05, 0.1) is 27.7 Å². The number of nitrogens with zero attached hydrogens (tertiary/aromatic N) is 1. The summed E-state index contributed by atoms with van der Waals surface area (Å²) in [7, 11) is 0. The molecule has 6 heteroatoms. The van der Waals surface area contributed by atoms with Crippen molar-refractivity contribution in [2.75, 3.05) is 13.2 Å². The second-order valence-corrected chi connectivity index (χ2v) is 6.41. The van der Waals surface area contributed by atoms with Crippen LogP contribution in [0.3, 0.4) is 0 Å². The van der Waals surface area contributed by atoms with Crippen molar-refractivity contribution in [1.29, 1.82) is 0 Å². The molecule has 0 atom stereocenters. The third kappa shape index (κ3) is 4.21. The molecule has 1 aromatic heterocycles. The van der Waals surface area contributed by atoms with Gasteiger partial charge in [-0.3, -0.25) is 9.78 Å². The first-order valence-corrected chi connectivity index (χ1v) is 8.51. The molecular formula is C19H16Cl2N2O2. The fourth-order valence-corrected chi connectivity index (χ4v) is 2.90. The molecule has 1 heterocycles. The largest absolute Gasteiger partial charge is 0.492 e. The third-order valence-corrected chi connectivity index (χ3v) is 4.16. The standard InChI is InChI=1S/C19H16Cl2N2O2/c1-12-3-2-4-15(9-12)25-8-7-22-19(24)17-16(21)6-5-13-10-14(20)11-23-18(13)17/h2-6,9-11H,7-8H2,1H3,(H,22,24). The van der Waals surface area contributed by atoms with Crippen LogP contribution in [0.1, 0.15) is 15.9 Å². The van der Waals surface area contributed by atoms with Crippen molar-refractivity contribution >= 4 is 40.0 Å². The monoisotopic (exact) mass is 374 g/mol. The van der Waals surface area contributed by atoms with Crippen molar-refractivity contribution < 1.29 is 9.53 Å². The highest BCUT2D eigenvalue weighted by Gasteiger charge is 2.15. The highest BCUT2D eigenvalue weighted by Crippen LogP contribution is 2.26. The van der Waals surface area contributed by atoms with Crippen LogP contribution in [0.5, 0.6) is 5.75 Å². The second-order valence-electron chi connectivity index (χ2n) is 5.57. The van der Waals surface area contributed by atoms with Gasteiger partial charge in [-0.1, -0.05) is 41.4 Å². The van der Waals surface area contributed by atoms with E-state index in [1.165, 1.54) is 6.20 Å². The summed E-state index contributed by atoms with van der Waals surface area (Å²) in [6.07, 6.45) is 1.50. The molecule has 1 amide bonds. The fraction of sp³-hybridized carbons (Fsp3) is 0.158. The molecule has 0 unspecified atom stereocenters. The van der Waals surface area contributed by atoms with Gasteiger partial charge in [-0.25, -0.2) is 0 Å². The van der Waals surface area contributed by atoms with Crippen LogP contribution in [0.15, 0.2) is 48.7 Å². The lowest BCUT2D eigenvalue weighted by molar-refractivity contribution is 0.0948. The summed E-state index contributed by atoms with van der Waals surface area (Å²) in [5, 5.41) is 4.43. The van der Waals surface area contributed by atoms with Crippen LogP contribution in [0, 0.1) is 6.92 Å². The molecule has 2 aromatic carbocycles. The molecule has 0 saturated carbocycles. The number of ether oxygens (including phenoxy) is 1. The zero-order valence-electron chi connectivity index (χ0n) is 13.6. The molecule has 0 spiro atoms. The Bertz CT molecular complexity index is 928. The van der Waals surface area contributed by atoms with Crippen LogP contribution in [0.4, 0.5) is 0 Å². The van der Waals surface area contributed by atoms with E-state index in [2.05, 4.69) is 10.3 Å². The highest BCUT2D eigenvalue weighted by molar-refractivity contribution is 6.36. The summed E-state index contributed by atoms with van der Waals surface area (Å²) in [6, 6.07) is 12.9. The van der Waals surface area contributed by atoms with Gasteiger partial charge in [-0.15, -0.1) is 0 Å². The summed E-state index contributed by atoms with van der Waals surface area (Å²) in [6.45, 7) is 2.71. The number of amides is 1. The van der Waals surface area contributed by atoms with Gasteiger partial charge in [-0.2, -0.15) is 0 Å². The first-order valence-electron chi connectivity index (χ1n) is 7.76. The van der Waals surface area contributed by atoms with Crippen LogP contribution in [-0.2, 0) is 0 Å². The van der Waals surface area contributed by atoms with Crippen molar-refractivity contribution in [3.05, 3.63) is 69.8 Å². The maximum Gasteiger partial charge on any atom is 0.255 e. The molecule has 0 aliphatic rings. The number of nitrogens with one attached hydrogen (secondary N) is 1. The number of fused-ring (bicyclic) bond motifs is 1. The molecule has 0 saturated heterocycles. The van der Waals surface area contributed by atoms with E-state index in [1.807, 2.05) is 31.2 Å². The molecule has 0 bridgehead atoms. The molecule has 128 valence electrons. The Morgan fingerprint density at radius 1 is 1.20 bits per heavy atom. The lowest BCUT2D eigenvalue weighted by Gasteiger charge is -2.11. The number of hydrogen-bond acceptors (Lipinski definition) is 3. The smallest absolute Gasteiger partial charge is 0.255 e. The lowest BCUT2D eigenvalue weighted by Crippen LogP contribution is -2.28. The number of rotatable bonds is 5. The first kappa shape index (κ1) is 17.5. The zero-order valence-corrected chi connectivity index (χ0v) is 15.1. The predicted octanol–water partition coefficient (Wildman–Crippen LogP) is 4.66. The summed E-state index contributed by atoms with van der Waals surface area (Å²) in [5.74, 6) is 0.479. The highest BCUT2D eigenvalue weighted by atomic mass is 35.5. The fourth-order valence-electron chi connectivity index (χ4n) is 2.49. The summed E-state index contributed by atoms with van der Waals surface area (Å²) in [5.41, 5.74) is 1.98. The summed E-state index contributed by atoms with van der Waals surface area (Å²) >= 11 is 12.1. The van der Waals surface area contributed by atoms with E-state index in [1.54, 1.807) is 18.2 Å². The number of aromatic nitrogens is 1. The maximum atomic E-state index is 12.5. The molecule has 0 aliphatic carbocycles. The van der Waals surface area contributed by atoms with Gasteiger partial charge >= 0.3 is 0 Å². The number of benzene rings is 2. The minimum Gasteiger partial charge on any atom is -0.492 e. The number of aryl methyl sites for hydroxylation is 1. The Balaban J connectivity index is 1.67. The molecular weight excluding hydrogens is 359 g/mol. The van der Waals surface area contributed by atoms with Crippen LogP contribution < -0.4 is 10.1 Å². The van der Waals surface area contributed by atoms with E-state index in [-0.39, 0.29) is 5.91 Å². The lowest BCUT2D eigenvalue weighted by atomic mass is 10.1. The van der Waals surface area contributed by atoms with Gasteiger partial charge in [0.2, 0.25) is 0 Å². The van der Waals surface area contributed by atoms with Crippen molar-refractivity contribution in [1.82, 2.24) is 10.3 Å². The Hall–Kier alpha value is -2.30. The molecule has 3 aromatic rings. The van der Waals surface area contributed by atoms with E-state index >= 15 is 0 Å². The first-order chi connectivity index (χ1) is 12.0. The van der Waals surface area contributed by atoms with E-state index in [0.29, 0.717) is 34.3 Å². The quantitative estimate of drug-likeness (QED) is 0.660. The van der Waals surface area contributed by atoms with Crippen LogP contribution in [0.25, 0.3) is 10.9 Å². The van der Waals surface area contributed by atoms with Crippen molar-refractivity contribution in [3.8, 4) is 5.75 Å². The minimum atomic E-state index is -0.293. The van der Waals surface area contributed by atoms with E-state index in [9.17, 15) is 4.79 Å². The molecule has 0 radical (unpaired) electrons. The van der Waals surface area contributed by atoms with Gasteiger partial charge in [0.25, 0.3) is 5.91 Å². The average molecular weight is 375 g/mol. The number of hydrogen-bond donors (Lipinski definition) is 1. The van der Waals surface area contributed by atoms with Gasteiger partial charge in [-0.05, 0) is 36.8 Å². The molecule has 3 rings (SSSR count). The van der Waals surface area contributed by atoms with Crippen LogP contribution in [0.2, 0.25) is 10.0 Å². The Kier molecular flexibility index (Phi) is 5.41. The molecule has 4 nitrogen and oxygen atoms in total. The predicted molar refractivity (Wildman–Crippen MR) is 101 cm³/mol. The topological polar surface area (TPSA) is 51.2 Å². The Morgan fingerprint density at radius 2 is 2.04 bits per heavy atom. The summed E-state index contributed by atoms with van der Waals surface area (Å²) < 4.78 is 5.63. The number of halogens is 2. The molecule has 0 aliphatic heterocycles. The SMILES string of the molecule is Cc1cccc(OCCNC(=O)c2c(Cl)ccc3cc(Cl)cnc23)c1. The van der Waals surface area contributed by atoms with Gasteiger partial charge in [0.15, 0.2) is 0 Å². The molecule has 25 heavy (non-hydrogen) atoms. The van der Waals surface area contributed by atoms with Gasteiger partial charge in [0.1, 0.15) is 12.4 Å². The zero-order chi connectivity index (χ0) is 17.8. The Labute approximate surface area is 155 Å². The molecule has 0 fully saturated rings. The minimum absolute atomic E-state index is 0.293. The van der Waals surface area contributed by atoms with Gasteiger partial charge in [0, 0.05) is 11.6 Å². The van der Waals surface area contributed by atoms with Crippen LogP contribution >= 0.6 is 23.2 Å². The number of pyridine rings is 1. The van der Waals surface area contributed by atoms with Crippen LogP contribution in [-0.4, -0.2) is 24.0 Å². The van der Waals surface area contributed by atoms with Crippen molar-refractivity contribution in [2.45, 2.75) is 6.92 Å². The normalized spacial score (nSPS) is 10.7. The number of carbonyl (C=O) groups is 1. The van der Waals surface area contributed by atoms with Crippen molar-refractivity contribution in [2.24, 2.45) is 0 Å². The molecule has 1 N–H and O–H groups in total. The van der Waals surface area contributed by atoms with Gasteiger partial charge < -0.3 is 10.1 Å². The Morgan fingerprint density at radius 3 is 2.84 bits per heavy atom. The number of carbonyl (C=O) groups excluding carboxylic acids is 1. The van der Waals surface area contributed by atoms with Crippen molar-refractivity contribution in [3.63, 3.8) is 0 Å². The third-order valence-electron chi connectivity index (χ3n) is 3.64. The van der Waals surface area contributed by atoms with E-state index in [4.69, 9.17) is 27.9 Å².